The number of urea groups is 1. The molecule has 8 heteroatoms. The zero-order valence-electron chi connectivity index (χ0n) is 12.9. The molecule has 1 aromatic rings. The largest absolute Gasteiger partial charge is 0.455 e. The minimum absolute atomic E-state index is 0.117. The molecule has 0 saturated carbocycles. The van der Waals surface area contributed by atoms with Gasteiger partial charge in [0.2, 0.25) is 0 Å². The van der Waals surface area contributed by atoms with Crippen LogP contribution >= 0.6 is 23.2 Å². The Morgan fingerprint density at radius 2 is 2.09 bits per heavy atom. The smallest absolute Gasteiger partial charge is 0.315 e. The first-order chi connectivity index (χ1) is 10.9. The van der Waals surface area contributed by atoms with Gasteiger partial charge in [0.25, 0.3) is 0 Å². The van der Waals surface area contributed by atoms with Crippen molar-refractivity contribution in [1.82, 2.24) is 15.5 Å². The molecule has 0 spiro atoms. The number of ether oxygens (including phenoxy) is 1. The van der Waals surface area contributed by atoms with Gasteiger partial charge in [-0.1, -0.05) is 29.3 Å². The minimum atomic E-state index is -0.572. The van der Waals surface area contributed by atoms with E-state index in [2.05, 4.69) is 10.6 Å². The van der Waals surface area contributed by atoms with E-state index in [-0.39, 0.29) is 18.4 Å². The quantitative estimate of drug-likeness (QED) is 0.790. The highest BCUT2D eigenvalue weighted by Gasteiger charge is 2.37. The zero-order chi connectivity index (χ0) is 17.0. The third-order valence-corrected chi connectivity index (χ3v) is 4.18. The van der Waals surface area contributed by atoms with Crippen molar-refractivity contribution in [3.8, 4) is 0 Å². The summed E-state index contributed by atoms with van der Waals surface area (Å²) < 4.78 is 5.31. The molecule has 2 N–H and O–H groups in total. The third-order valence-electron chi connectivity index (χ3n) is 3.44. The number of amides is 2. The minimum Gasteiger partial charge on any atom is -0.455 e. The average Bonchev–Trinajstić information content (AvgIpc) is 2.82. The molecule has 2 atom stereocenters. The highest BCUT2D eigenvalue weighted by atomic mass is 35.5. The van der Waals surface area contributed by atoms with Crippen LogP contribution in [0.5, 0.6) is 0 Å². The lowest BCUT2D eigenvalue weighted by Crippen LogP contribution is -2.45. The standard InChI is InChI=1S/C15H19Cl2N3O3/c1-20(2)6-5-18-15(22)19-12-8-13(21)23-14(12)9-3-4-10(16)11(17)7-9/h3-4,7,12,14H,5-6,8H2,1-2H3,(H2,18,19,22). The van der Waals surface area contributed by atoms with Crippen LogP contribution in [0, 0.1) is 0 Å². The second-order valence-corrected chi connectivity index (χ2v) is 6.41. The predicted octanol–water partition coefficient (Wildman–Crippen LogP) is 2.21. The SMILES string of the molecule is CN(C)CCNC(=O)NC1CC(=O)OC1c1ccc(Cl)c(Cl)c1. The summed E-state index contributed by atoms with van der Waals surface area (Å²) in [6, 6.07) is 4.24. The van der Waals surface area contributed by atoms with Gasteiger partial charge in [-0.3, -0.25) is 4.79 Å². The Hall–Kier alpha value is -1.50. The molecule has 6 nitrogen and oxygen atoms in total. The van der Waals surface area contributed by atoms with Gasteiger partial charge < -0.3 is 20.3 Å². The molecular formula is C15H19Cl2N3O3. The molecule has 23 heavy (non-hydrogen) atoms. The summed E-state index contributed by atoms with van der Waals surface area (Å²) in [6.07, 6.45) is -0.455. The lowest BCUT2D eigenvalue weighted by atomic mass is 10.0. The Morgan fingerprint density at radius 1 is 1.35 bits per heavy atom. The Bertz CT molecular complexity index is 595. The van der Waals surface area contributed by atoms with E-state index >= 15 is 0 Å². The van der Waals surface area contributed by atoms with Gasteiger partial charge in [-0.15, -0.1) is 0 Å². The molecule has 0 bridgehead atoms. The Labute approximate surface area is 145 Å². The van der Waals surface area contributed by atoms with Crippen LogP contribution in [0.1, 0.15) is 18.1 Å². The molecule has 1 aliphatic heterocycles. The fourth-order valence-corrected chi connectivity index (χ4v) is 2.59. The van der Waals surface area contributed by atoms with Gasteiger partial charge in [-0.2, -0.15) is 0 Å². The molecule has 2 rings (SSSR count). The van der Waals surface area contributed by atoms with Crippen molar-refractivity contribution in [3.05, 3.63) is 33.8 Å². The van der Waals surface area contributed by atoms with Gasteiger partial charge in [0.05, 0.1) is 22.5 Å². The summed E-state index contributed by atoms with van der Waals surface area (Å²) in [5, 5.41) is 6.32. The number of nitrogens with zero attached hydrogens (tertiary/aromatic N) is 1. The molecule has 2 amide bonds. The maximum absolute atomic E-state index is 11.9. The number of halogens is 2. The van der Waals surface area contributed by atoms with Gasteiger partial charge in [0, 0.05) is 13.1 Å². The van der Waals surface area contributed by atoms with Gasteiger partial charge >= 0.3 is 12.0 Å². The first kappa shape index (κ1) is 17.8. The summed E-state index contributed by atoms with van der Waals surface area (Å²) in [4.78, 5) is 25.5. The Balaban J connectivity index is 2.00. The molecule has 1 aliphatic rings. The summed E-state index contributed by atoms with van der Waals surface area (Å²) in [7, 11) is 3.84. The van der Waals surface area contributed by atoms with Gasteiger partial charge in [0.15, 0.2) is 0 Å². The van der Waals surface area contributed by atoms with Crippen LogP contribution in [0.25, 0.3) is 0 Å². The Morgan fingerprint density at radius 3 is 2.74 bits per heavy atom. The van der Waals surface area contributed by atoms with E-state index in [0.717, 1.165) is 6.54 Å². The fraction of sp³-hybridized carbons (Fsp3) is 0.467. The van der Waals surface area contributed by atoms with E-state index in [1.165, 1.54) is 0 Å². The number of rotatable bonds is 5. The van der Waals surface area contributed by atoms with Crippen molar-refractivity contribution in [2.75, 3.05) is 27.2 Å². The van der Waals surface area contributed by atoms with E-state index in [1.54, 1.807) is 18.2 Å². The predicted molar refractivity (Wildman–Crippen MR) is 88.8 cm³/mol. The van der Waals surface area contributed by atoms with Crippen LogP contribution in [0.2, 0.25) is 10.0 Å². The molecule has 2 unspecified atom stereocenters. The zero-order valence-corrected chi connectivity index (χ0v) is 14.4. The molecule has 126 valence electrons. The maximum atomic E-state index is 11.9. The highest BCUT2D eigenvalue weighted by molar-refractivity contribution is 6.42. The van der Waals surface area contributed by atoms with Crippen molar-refractivity contribution in [1.29, 1.82) is 0 Å². The van der Waals surface area contributed by atoms with E-state index in [9.17, 15) is 9.59 Å². The first-order valence-corrected chi connectivity index (χ1v) is 7.96. The average molecular weight is 360 g/mol. The molecule has 1 heterocycles. The maximum Gasteiger partial charge on any atom is 0.315 e. The van der Waals surface area contributed by atoms with Crippen molar-refractivity contribution in [2.45, 2.75) is 18.6 Å². The number of nitrogens with one attached hydrogen (secondary N) is 2. The van der Waals surface area contributed by atoms with E-state index in [4.69, 9.17) is 27.9 Å². The van der Waals surface area contributed by atoms with Crippen LogP contribution in [-0.2, 0) is 9.53 Å². The molecule has 0 radical (unpaired) electrons. The van der Waals surface area contributed by atoms with E-state index in [1.807, 2.05) is 19.0 Å². The number of esters is 1. The number of carbonyl (C=O) groups is 2. The summed E-state index contributed by atoms with van der Waals surface area (Å²) in [6.45, 7) is 1.24. The van der Waals surface area contributed by atoms with E-state index in [0.29, 0.717) is 22.2 Å². The number of hydrogen-bond acceptors (Lipinski definition) is 4. The lowest BCUT2D eigenvalue weighted by Gasteiger charge is -2.20. The number of carbonyl (C=O) groups excluding carboxylic acids is 2. The van der Waals surface area contributed by atoms with Gasteiger partial charge in [-0.25, -0.2) is 4.79 Å². The van der Waals surface area contributed by atoms with E-state index < -0.39 is 12.1 Å². The van der Waals surface area contributed by atoms with Crippen molar-refractivity contribution in [3.63, 3.8) is 0 Å². The van der Waals surface area contributed by atoms with Crippen molar-refractivity contribution in [2.24, 2.45) is 0 Å². The summed E-state index contributed by atoms with van der Waals surface area (Å²) >= 11 is 11.9. The normalized spacial score (nSPS) is 20.5. The molecule has 1 saturated heterocycles. The lowest BCUT2D eigenvalue weighted by molar-refractivity contribution is -0.141. The third kappa shape index (κ3) is 4.99. The summed E-state index contributed by atoms with van der Waals surface area (Å²) in [5.74, 6) is -0.361. The number of likely N-dealkylation sites (N-methyl/N-ethyl adjacent to an activating group) is 1. The summed E-state index contributed by atoms with van der Waals surface area (Å²) in [5.41, 5.74) is 0.698. The van der Waals surface area contributed by atoms with Gasteiger partial charge in [0.1, 0.15) is 6.10 Å². The molecule has 1 aromatic carbocycles. The van der Waals surface area contributed by atoms with Crippen LogP contribution in [0.4, 0.5) is 4.79 Å². The highest BCUT2D eigenvalue weighted by Crippen LogP contribution is 2.33. The van der Waals surface area contributed by atoms with Crippen LogP contribution < -0.4 is 10.6 Å². The fourth-order valence-electron chi connectivity index (χ4n) is 2.29. The number of cyclic esters (lactones) is 1. The monoisotopic (exact) mass is 359 g/mol. The van der Waals surface area contributed by atoms with Crippen LogP contribution in [-0.4, -0.2) is 50.1 Å². The molecular weight excluding hydrogens is 341 g/mol. The molecule has 0 aromatic heterocycles. The topological polar surface area (TPSA) is 70.7 Å². The number of benzene rings is 1. The van der Waals surface area contributed by atoms with Crippen LogP contribution in [0.3, 0.4) is 0 Å². The van der Waals surface area contributed by atoms with Crippen LogP contribution in [0.15, 0.2) is 18.2 Å². The Kier molecular flexibility index (Phi) is 6.10. The molecule has 0 aliphatic carbocycles. The second kappa shape index (κ2) is 7.86. The number of hydrogen-bond donors (Lipinski definition) is 2. The van der Waals surface area contributed by atoms with Crippen molar-refractivity contribution >= 4 is 35.2 Å². The van der Waals surface area contributed by atoms with Crippen molar-refractivity contribution < 1.29 is 14.3 Å². The van der Waals surface area contributed by atoms with Gasteiger partial charge in [-0.05, 0) is 31.8 Å². The second-order valence-electron chi connectivity index (χ2n) is 5.60. The molecule has 1 fully saturated rings. The first-order valence-electron chi connectivity index (χ1n) is 7.20.